The molecule has 0 saturated heterocycles. The summed E-state index contributed by atoms with van der Waals surface area (Å²) in [4.78, 5) is 26.4. The fourth-order valence-corrected chi connectivity index (χ4v) is 2.73. The molecule has 0 aromatic carbocycles. The summed E-state index contributed by atoms with van der Waals surface area (Å²) in [5, 5.41) is 11.2. The summed E-state index contributed by atoms with van der Waals surface area (Å²) >= 11 is 1.49. The van der Waals surface area contributed by atoms with Gasteiger partial charge in [0.1, 0.15) is 5.65 Å². The number of amides is 1. The summed E-state index contributed by atoms with van der Waals surface area (Å²) < 4.78 is 1.98. The predicted octanol–water partition coefficient (Wildman–Crippen LogP) is 1.86. The molecule has 2 heterocycles. The summed E-state index contributed by atoms with van der Waals surface area (Å²) in [6.07, 6.45) is 4.53. The molecule has 0 aliphatic heterocycles. The van der Waals surface area contributed by atoms with E-state index in [0.717, 1.165) is 11.3 Å². The molecule has 0 atom stereocenters. The molecule has 0 aliphatic rings. The second kappa shape index (κ2) is 7.84. The minimum atomic E-state index is -0.842. The van der Waals surface area contributed by atoms with Gasteiger partial charge in [0.2, 0.25) is 5.91 Å². The monoisotopic (exact) mass is 321 g/mol. The van der Waals surface area contributed by atoms with Gasteiger partial charge in [-0.3, -0.25) is 9.59 Å². The molecular formula is C15H19N3O3S. The highest BCUT2D eigenvalue weighted by Crippen LogP contribution is 2.13. The molecule has 118 valence electrons. The fraction of sp³-hybridized carbons (Fsp3) is 0.400. The molecule has 0 bridgehead atoms. The number of imidazole rings is 1. The smallest absolute Gasteiger partial charge is 0.303 e. The van der Waals surface area contributed by atoms with E-state index in [1.807, 2.05) is 35.9 Å². The zero-order valence-corrected chi connectivity index (χ0v) is 13.2. The largest absolute Gasteiger partial charge is 0.481 e. The third-order valence-electron chi connectivity index (χ3n) is 3.02. The van der Waals surface area contributed by atoms with E-state index >= 15 is 0 Å². The van der Waals surface area contributed by atoms with Crippen LogP contribution >= 0.6 is 11.8 Å². The molecule has 6 nitrogen and oxygen atoms in total. The maximum absolute atomic E-state index is 11.6. The van der Waals surface area contributed by atoms with Crippen LogP contribution in [0.25, 0.3) is 5.65 Å². The average molecular weight is 321 g/mol. The Kier molecular flexibility index (Phi) is 5.83. The first-order chi connectivity index (χ1) is 10.5. The molecule has 0 unspecified atom stereocenters. The number of pyridine rings is 1. The lowest BCUT2D eigenvalue weighted by Gasteiger charge is -2.03. The van der Waals surface area contributed by atoms with Crippen molar-refractivity contribution in [2.75, 3.05) is 12.3 Å². The van der Waals surface area contributed by atoms with Gasteiger partial charge < -0.3 is 14.8 Å². The van der Waals surface area contributed by atoms with Crippen molar-refractivity contribution in [3.8, 4) is 0 Å². The van der Waals surface area contributed by atoms with Gasteiger partial charge in [-0.2, -0.15) is 0 Å². The number of nitrogens with one attached hydrogen (secondary N) is 1. The number of carboxylic acid groups (broad SMARTS) is 1. The van der Waals surface area contributed by atoms with Crippen LogP contribution in [-0.4, -0.2) is 38.7 Å². The number of carbonyl (C=O) groups excluding carboxylic acids is 1. The molecule has 0 fully saturated rings. The van der Waals surface area contributed by atoms with Gasteiger partial charge >= 0.3 is 5.97 Å². The minimum absolute atomic E-state index is 0.0741. The van der Waals surface area contributed by atoms with Crippen LogP contribution in [0.2, 0.25) is 0 Å². The van der Waals surface area contributed by atoms with Crippen molar-refractivity contribution in [1.82, 2.24) is 14.7 Å². The molecule has 2 N–H and O–H groups in total. The van der Waals surface area contributed by atoms with E-state index in [2.05, 4.69) is 10.3 Å². The lowest BCUT2D eigenvalue weighted by Crippen LogP contribution is -2.26. The van der Waals surface area contributed by atoms with Crippen molar-refractivity contribution < 1.29 is 14.7 Å². The summed E-state index contributed by atoms with van der Waals surface area (Å²) in [5.74, 6) is 0.101. The van der Waals surface area contributed by atoms with Gasteiger partial charge in [0.15, 0.2) is 0 Å². The lowest BCUT2D eigenvalue weighted by atomic mass is 10.3. The Hall–Kier alpha value is -2.02. The quantitative estimate of drug-likeness (QED) is 0.725. The highest BCUT2D eigenvalue weighted by Gasteiger charge is 2.05. The third kappa shape index (κ3) is 5.07. The average Bonchev–Trinajstić information content (AvgIpc) is 2.85. The van der Waals surface area contributed by atoms with Gasteiger partial charge in [0, 0.05) is 31.1 Å². The van der Waals surface area contributed by atoms with E-state index in [9.17, 15) is 9.59 Å². The zero-order valence-electron chi connectivity index (χ0n) is 12.4. The number of hydrogen-bond acceptors (Lipinski definition) is 4. The van der Waals surface area contributed by atoms with Crippen LogP contribution in [0, 0.1) is 6.92 Å². The second-order valence-corrected chi connectivity index (χ2v) is 6.03. The molecule has 0 radical (unpaired) electrons. The van der Waals surface area contributed by atoms with Crippen LogP contribution in [0.15, 0.2) is 24.5 Å². The van der Waals surface area contributed by atoms with Crippen LogP contribution in [0.3, 0.4) is 0 Å². The Morgan fingerprint density at radius 2 is 2.18 bits per heavy atom. The standard InChI is InChI=1S/C15H19N3O3S/c1-11-4-5-13-17-12(8-18(13)7-11)9-22-10-14(19)16-6-2-3-15(20)21/h4-5,7-8H,2-3,6,9-10H2,1H3,(H,16,19)(H,20,21). The van der Waals surface area contributed by atoms with Crippen molar-refractivity contribution in [2.24, 2.45) is 0 Å². The molecule has 2 aromatic heterocycles. The lowest BCUT2D eigenvalue weighted by molar-refractivity contribution is -0.137. The molecule has 0 saturated carbocycles. The number of aliphatic carboxylic acids is 1. The predicted molar refractivity (Wildman–Crippen MR) is 86.0 cm³/mol. The molecule has 1 amide bonds. The number of aryl methyl sites for hydroxylation is 1. The maximum atomic E-state index is 11.6. The van der Waals surface area contributed by atoms with Crippen molar-refractivity contribution in [3.63, 3.8) is 0 Å². The summed E-state index contributed by atoms with van der Waals surface area (Å²) in [5.41, 5.74) is 3.01. The Morgan fingerprint density at radius 3 is 2.95 bits per heavy atom. The van der Waals surface area contributed by atoms with Crippen LogP contribution in [0.1, 0.15) is 24.1 Å². The molecule has 2 rings (SSSR count). The molecule has 7 heteroatoms. The number of fused-ring (bicyclic) bond motifs is 1. The highest BCUT2D eigenvalue weighted by molar-refractivity contribution is 7.99. The van der Waals surface area contributed by atoms with Crippen molar-refractivity contribution in [2.45, 2.75) is 25.5 Å². The van der Waals surface area contributed by atoms with E-state index in [1.54, 1.807) is 0 Å². The first-order valence-electron chi connectivity index (χ1n) is 7.05. The van der Waals surface area contributed by atoms with Gasteiger partial charge in [0.05, 0.1) is 11.4 Å². The Balaban J connectivity index is 1.71. The summed E-state index contributed by atoms with van der Waals surface area (Å²) in [7, 11) is 0. The van der Waals surface area contributed by atoms with Gasteiger partial charge in [-0.1, -0.05) is 6.07 Å². The number of carbonyl (C=O) groups is 2. The number of thioether (sulfide) groups is 1. The minimum Gasteiger partial charge on any atom is -0.481 e. The van der Waals surface area contributed by atoms with Gasteiger partial charge in [-0.05, 0) is 25.0 Å². The molecule has 0 spiro atoms. The molecular weight excluding hydrogens is 302 g/mol. The van der Waals surface area contributed by atoms with Crippen molar-refractivity contribution >= 4 is 29.3 Å². The first kappa shape index (κ1) is 16.4. The normalized spacial score (nSPS) is 10.8. The van der Waals surface area contributed by atoms with Crippen LogP contribution in [0.4, 0.5) is 0 Å². The van der Waals surface area contributed by atoms with E-state index in [1.165, 1.54) is 17.3 Å². The number of hydrogen-bond donors (Lipinski definition) is 2. The Labute approximate surface area is 132 Å². The van der Waals surface area contributed by atoms with Crippen molar-refractivity contribution in [3.05, 3.63) is 35.8 Å². The SMILES string of the molecule is Cc1ccc2nc(CSCC(=O)NCCCC(=O)O)cn2c1. The molecule has 22 heavy (non-hydrogen) atoms. The van der Waals surface area contributed by atoms with Crippen LogP contribution in [-0.2, 0) is 15.3 Å². The zero-order chi connectivity index (χ0) is 15.9. The summed E-state index contributed by atoms with van der Waals surface area (Å²) in [6, 6.07) is 3.99. The first-order valence-corrected chi connectivity index (χ1v) is 8.20. The van der Waals surface area contributed by atoms with E-state index < -0.39 is 5.97 Å². The molecule has 0 aliphatic carbocycles. The van der Waals surface area contributed by atoms with Gasteiger partial charge in [-0.15, -0.1) is 11.8 Å². The molecule has 2 aromatic rings. The Morgan fingerprint density at radius 1 is 1.36 bits per heavy atom. The number of nitrogens with zero attached hydrogens (tertiary/aromatic N) is 2. The second-order valence-electron chi connectivity index (χ2n) is 5.04. The van der Waals surface area contributed by atoms with Gasteiger partial charge in [0.25, 0.3) is 0 Å². The van der Waals surface area contributed by atoms with E-state index in [-0.39, 0.29) is 12.3 Å². The number of aromatic nitrogens is 2. The van der Waals surface area contributed by atoms with Crippen LogP contribution in [0.5, 0.6) is 0 Å². The van der Waals surface area contributed by atoms with Gasteiger partial charge in [-0.25, -0.2) is 4.98 Å². The fourth-order valence-electron chi connectivity index (χ4n) is 1.99. The van der Waals surface area contributed by atoms with E-state index in [4.69, 9.17) is 5.11 Å². The third-order valence-corrected chi connectivity index (χ3v) is 3.99. The number of carboxylic acids is 1. The Bertz CT molecular complexity index is 669. The highest BCUT2D eigenvalue weighted by atomic mass is 32.2. The van der Waals surface area contributed by atoms with Crippen LogP contribution < -0.4 is 5.32 Å². The topological polar surface area (TPSA) is 83.7 Å². The number of rotatable bonds is 8. The maximum Gasteiger partial charge on any atom is 0.303 e. The summed E-state index contributed by atoms with van der Waals surface area (Å²) in [6.45, 7) is 2.43. The van der Waals surface area contributed by atoms with Crippen molar-refractivity contribution in [1.29, 1.82) is 0 Å². The van der Waals surface area contributed by atoms with E-state index in [0.29, 0.717) is 24.5 Å².